The van der Waals surface area contributed by atoms with Crippen molar-refractivity contribution in [2.75, 3.05) is 0 Å². The summed E-state index contributed by atoms with van der Waals surface area (Å²) in [6.45, 7) is 8.43. The summed E-state index contributed by atoms with van der Waals surface area (Å²) in [6, 6.07) is 0. The fraction of sp³-hybridized carbons (Fsp3) is 0.917. The summed E-state index contributed by atoms with van der Waals surface area (Å²) < 4.78 is 0. The van der Waals surface area contributed by atoms with Crippen LogP contribution in [0.4, 0.5) is 0 Å². The predicted octanol–water partition coefficient (Wildman–Crippen LogP) is 7.45. The third-order valence-corrected chi connectivity index (χ3v) is 6.50. The minimum atomic E-state index is -0.657. The summed E-state index contributed by atoms with van der Waals surface area (Å²) in [5.41, 5.74) is -1.24. The standard InChI is InChI=1S/C24H46O4/c1-5-9-15-23(21(25)26,16-10-6-2)19-13-14-20-24(22(27)28,17-11-7-3)18-12-8-4/h5-20H2,1-4H3,(H,25,26)(H,27,28). The second kappa shape index (κ2) is 14.9. The minimum Gasteiger partial charge on any atom is -0.481 e. The van der Waals surface area contributed by atoms with Crippen molar-refractivity contribution in [3.05, 3.63) is 0 Å². The van der Waals surface area contributed by atoms with Crippen LogP contribution in [0, 0.1) is 10.8 Å². The van der Waals surface area contributed by atoms with Crippen LogP contribution in [0.2, 0.25) is 0 Å². The molecule has 0 heterocycles. The van der Waals surface area contributed by atoms with Crippen molar-refractivity contribution in [3.8, 4) is 0 Å². The molecule has 4 nitrogen and oxygen atoms in total. The molecule has 28 heavy (non-hydrogen) atoms. The molecule has 0 aliphatic carbocycles. The predicted molar refractivity (Wildman–Crippen MR) is 117 cm³/mol. The summed E-state index contributed by atoms with van der Waals surface area (Å²) >= 11 is 0. The maximum Gasteiger partial charge on any atom is 0.309 e. The Morgan fingerprint density at radius 2 is 0.714 bits per heavy atom. The number of hydrogen-bond acceptors (Lipinski definition) is 2. The molecule has 0 aromatic rings. The highest BCUT2D eigenvalue weighted by Crippen LogP contribution is 2.40. The lowest BCUT2D eigenvalue weighted by atomic mass is 9.71. The van der Waals surface area contributed by atoms with E-state index in [1.807, 2.05) is 0 Å². The van der Waals surface area contributed by atoms with Gasteiger partial charge in [-0.1, -0.05) is 91.9 Å². The van der Waals surface area contributed by atoms with Gasteiger partial charge in [-0.15, -0.1) is 0 Å². The van der Waals surface area contributed by atoms with E-state index in [-0.39, 0.29) is 0 Å². The molecule has 0 aromatic carbocycles. The highest BCUT2D eigenvalue weighted by Gasteiger charge is 2.39. The Bertz CT molecular complexity index is 374. The Balaban J connectivity index is 5.04. The van der Waals surface area contributed by atoms with Gasteiger partial charge in [0, 0.05) is 0 Å². The van der Waals surface area contributed by atoms with E-state index in [1.54, 1.807) is 0 Å². The molecule has 0 saturated heterocycles. The topological polar surface area (TPSA) is 74.6 Å². The monoisotopic (exact) mass is 398 g/mol. The molecule has 0 aliphatic rings. The van der Waals surface area contributed by atoms with Crippen molar-refractivity contribution < 1.29 is 19.8 Å². The summed E-state index contributed by atoms with van der Waals surface area (Å²) in [5, 5.41) is 19.9. The summed E-state index contributed by atoms with van der Waals surface area (Å²) in [6.07, 6.45) is 13.8. The first kappa shape index (κ1) is 26.9. The number of hydrogen-bond donors (Lipinski definition) is 2. The normalized spacial score (nSPS) is 12.3. The Hall–Kier alpha value is -1.06. The molecule has 0 spiro atoms. The number of unbranched alkanes of at least 4 members (excludes halogenated alkanes) is 5. The van der Waals surface area contributed by atoms with Crippen LogP contribution in [0.15, 0.2) is 0 Å². The Labute approximate surface area is 173 Å². The zero-order valence-corrected chi connectivity index (χ0v) is 19.0. The molecule has 0 fully saturated rings. The first-order valence-corrected chi connectivity index (χ1v) is 11.8. The van der Waals surface area contributed by atoms with E-state index in [4.69, 9.17) is 0 Å². The first-order valence-electron chi connectivity index (χ1n) is 11.8. The zero-order chi connectivity index (χ0) is 21.5. The molecule has 166 valence electrons. The molecule has 4 heteroatoms. The molecular formula is C24H46O4. The second-order valence-corrected chi connectivity index (χ2v) is 8.79. The van der Waals surface area contributed by atoms with Crippen LogP contribution < -0.4 is 0 Å². The lowest BCUT2D eigenvalue weighted by Crippen LogP contribution is -2.33. The van der Waals surface area contributed by atoms with Crippen LogP contribution in [0.1, 0.15) is 130 Å². The van der Waals surface area contributed by atoms with E-state index in [0.717, 1.165) is 89.9 Å². The van der Waals surface area contributed by atoms with Crippen molar-refractivity contribution in [3.63, 3.8) is 0 Å². The molecule has 0 aliphatic heterocycles. The smallest absolute Gasteiger partial charge is 0.309 e. The van der Waals surface area contributed by atoms with E-state index in [9.17, 15) is 19.8 Å². The van der Waals surface area contributed by atoms with E-state index < -0.39 is 22.8 Å². The molecule has 0 atom stereocenters. The highest BCUT2D eigenvalue weighted by molar-refractivity contribution is 5.75. The van der Waals surface area contributed by atoms with Crippen molar-refractivity contribution in [2.45, 2.75) is 130 Å². The first-order chi connectivity index (χ1) is 13.3. The number of aliphatic carboxylic acids is 2. The molecule has 0 unspecified atom stereocenters. The van der Waals surface area contributed by atoms with Crippen LogP contribution in [0.3, 0.4) is 0 Å². The lowest BCUT2D eigenvalue weighted by molar-refractivity contribution is -0.152. The zero-order valence-electron chi connectivity index (χ0n) is 19.0. The Morgan fingerprint density at radius 3 is 0.893 bits per heavy atom. The van der Waals surface area contributed by atoms with Crippen LogP contribution >= 0.6 is 0 Å². The van der Waals surface area contributed by atoms with Crippen LogP contribution in [0.5, 0.6) is 0 Å². The van der Waals surface area contributed by atoms with E-state index >= 15 is 0 Å². The number of rotatable bonds is 19. The van der Waals surface area contributed by atoms with Crippen LogP contribution in [-0.4, -0.2) is 22.2 Å². The molecule has 0 bridgehead atoms. The molecule has 2 N–H and O–H groups in total. The summed E-state index contributed by atoms with van der Waals surface area (Å²) in [4.78, 5) is 24.2. The third kappa shape index (κ3) is 8.96. The van der Waals surface area contributed by atoms with Gasteiger partial charge in [-0.2, -0.15) is 0 Å². The SMILES string of the molecule is CCCCC(CCCC)(CCCCC(CCCC)(CCCC)C(=O)O)C(=O)O. The number of carbonyl (C=O) groups is 2. The van der Waals surface area contributed by atoms with Gasteiger partial charge in [0.1, 0.15) is 0 Å². The minimum absolute atomic E-state index is 0.620. The van der Waals surface area contributed by atoms with E-state index in [1.165, 1.54) is 0 Å². The van der Waals surface area contributed by atoms with Crippen LogP contribution in [0.25, 0.3) is 0 Å². The molecule has 0 amide bonds. The van der Waals surface area contributed by atoms with Crippen molar-refractivity contribution in [1.82, 2.24) is 0 Å². The van der Waals surface area contributed by atoms with E-state index in [0.29, 0.717) is 12.8 Å². The number of carboxylic acids is 2. The van der Waals surface area contributed by atoms with Crippen molar-refractivity contribution >= 4 is 11.9 Å². The van der Waals surface area contributed by atoms with Gasteiger partial charge >= 0.3 is 11.9 Å². The van der Waals surface area contributed by atoms with Gasteiger partial charge in [-0.05, 0) is 38.5 Å². The quantitative estimate of drug-likeness (QED) is 0.222. The summed E-state index contributed by atoms with van der Waals surface area (Å²) in [7, 11) is 0. The van der Waals surface area contributed by atoms with Gasteiger partial charge in [0.05, 0.1) is 10.8 Å². The molecule has 0 aromatic heterocycles. The van der Waals surface area contributed by atoms with Gasteiger partial charge in [0.25, 0.3) is 0 Å². The van der Waals surface area contributed by atoms with Gasteiger partial charge in [0.15, 0.2) is 0 Å². The average Bonchev–Trinajstić information content (AvgIpc) is 2.67. The van der Waals surface area contributed by atoms with Crippen molar-refractivity contribution in [1.29, 1.82) is 0 Å². The molecule has 0 radical (unpaired) electrons. The highest BCUT2D eigenvalue weighted by atomic mass is 16.4. The molecule has 0 rings (SSSR count). The summed E-state index contributed by atoms with van der Waals surface area (Å²) in [5.74, 6) is -1.31. The van der Waals surface area contributed by atoms with Gasteiger partial charge in [0.2, 0.25) is 0 Å². The lowest BCUT2D eigenvalue weighted by Gasteiger charge is -2.32. The average molecular weight is 399 g/mol. The van der Waals surface area contributed by atoms with E-state index in [2.05, 4.69) is 27.7 Å². The largest absolute Gasteiger partial charge is 0.481 e. The maximum atomic E-state index is 12.1. The Morgan fingerprint density at radius 1 is 0.500 bits per heavy atom. The third-order valence-electron chi connectivity index (χ3n) is 6.50. The number of carboxylic acid groups (broad SMARTS) is 2. The van der Waals surface area contributed by atoms with Gasteiger partial charge < -0.3 is 10.2 Å². The van der Waals surface area contributed by atoms with Crippen molar-refractivity contribution in [2.24, 2.45) is 10.8 Å². The molecule has 0 saturated carbocycles. The fourth-order valence-corrected chi connectivity index (χ4v) is 4.38. The van der Waals surface area contributed by atoms with Gasteiger partial charge in [-0.3, -0.25) is 9.59 Å². The Kier molecular flexibility index (Phi) is 14.3. The fourth-order valence-electron chi connectivity index (χ4n) is 4.38. The van der Waals surface area contributed by atoms with Crippen LogP contribution in [-0.2, 0) is 9.59 Å². The van der Waals surface area contributed by atoms with Gasteiger partial charge in [-0.25, -0.2) is 0 Å². The maximum absolute atomic E-state index is 12.1. The molecular weight excluding hydrogens is 352 g/mol. The second-order valence-electron chi connectivity index (χ2n) is 8.79.